The van der Waals surface area contributed by atoms with Crippen molar-refractivity contribution in [2.75, 3.05) is 19.7 Å². The molecule has 1 aliphatic heterocycles. The summed E-state index contributed by atoms with van der Waals surface area (Å²) in [7, 11) is 0. The predicted octanol–water partition coefficient (Wildman–Crippen LogP) is 2.14. The molecule has 0 saturated carbocycles. The number of benzene rings is 1. The molecule has 1 aromatic rings. The van der Waals surface area contributed by atoms with Gasteiger partial charge in [-0.2, -0.15) is 0 Å². The number of hydrogen-bond donors (Lipinski definition) is 1. The van der Waals surface area contributed by atoms with Gasteiger partial charge in [-0.15, -0.1) is 0 Å². The Morgan fingerprint density at radius 2 is 2.38 bits per heavy atom. The molecule has 1 aromatic carbocycles. The van der Waals surface area contributed by atoms with Gasteiger partial charge in [-0.1, -0.05) is 12.1 Å². The highest BCUT2D eigenvalue weighted by atomic mass is 19.1. The first-order chi connectivity index (χ1) is 7.84. The van der Waals surface area contributed by atoms with Crippen LogP contribution < -0.4 is 5.32 Å². The average molecular weight is 223 g/mol. The standard InChI is InChI=1S/C13H18FNO/c14-12-4-1-3-11(9-12)6-7-15-10-13-5-2-8-16-13/h1,3-4,9,13,15H,2,5-8,10H2. The molecule has 0 spiro atoms. The largest absolute Gasteiger partial charge is 0.377 e. The van der Waals surface area contributed by atoms with Gasteiger partial charge in [0.25, 0.3) is 0 Å². The summed E-state index contributed by atoms with van der Waals surface area (Å²) in [6.45, 7) is 2.69. The van der Waals surface area contributed by atoms with Crippen molar-refractivity contribution >= 4 is 0 Å². The number of ether oxygens (including phenoxy) is 1. The Hall–Kier alpha value is -0.930. The van der Waals surface area contributed by atoms with E-state index in [1.165, 1.54) is 12.5 Å². The van der Waals surface area contributed by atoms with Crippen LogP contribution in [0.3, 0.4) is 0 Å². The van der Waals surface area contributed by atoms with Crippen molar-refractivity contribution in [1.29, 1.82) is 0 Å². The third-order valence-corrected chi connectivity index (χ3v) is 2.88. The minimum absolute atomic E-state index is 0.156. The summed E-state index contributed by atoms with van der Waals surface area (Å²) in [5, 5.41) is 3.35. The molecule has 1 fully saturated rings. The van der Waals surface area contributed by atoms with Crippen LogP contribution in [-0.2, 0) is 11.2 Å². The van der Waals surface area contributed by atoms with Crippen LogP contribution in [-0.4, -0.2) is 25.8 Å². The highest BCUT2D eigenvalue weighted by Crippen LogP contribution is 2.10. The molecule has 0 amide bonds. The highest BCUT2D eigenvalue weighted by molar-refractivity contribution is 5.16. The van der Waals surface area contributed by atoms with Crippen LogP contribution in [0.25, 0.3) is 0 Å². The minimum Gasteiger partial charge on any atom is -0.377 e. The molecule has 0 radical (unpaired) electrons. The fourth-order valence-electron chi connectivity index (χ4n) is 1.99. The van der Waals surface area contributed by atoms with Crippen LogP contribution in [0, 0.1) is 5.82 Å². The molecule has 88 valence electrons. The van der Waals surface area contributed by atoms with E-state index < -0.39 is 0 Å². The molecule has 2 rings (SSSR count). The van der Waals surface area contributed by atoms with E-state index in [9.17, 15) is 4.39 Å². The summed E-state index contributed by atoms with van der Waals surface area (Å²) in [5.74, 6) is -0.156. The summed E-state index contributed by atoms with van der Waals surface area (Å²) < 4.78 is 18.4. The molecular weight excluding hydrogens is 205 g/mol. The third-order valence-electron chi connectivity index (χ3n) is 2.88. The van der Waals surface area contributed by atoms with E-state index in [1.807, 2.05) is 6.07 Å². The Morgan fingerprint density at radius 3 is 3.12 bits per heavy atom. The van der Waals surface area contributed by atoms with Crippen molar-refractivity contribution in [3.8, 4) is 0 Å². The van der Waals surface area contributed by atoms with E-state index in [2.05, 4.69) is 5.32 Å². The summed E-state index contributed by atoms with van der Waals surface area (Å²) >= 11 is 0. The molecule has 16 heavy (non-hydrogen) atoms. The van der Waals surface area contributed by atoms with Crippen molar-refractivity contribution in [1.82, 2.24) is 5.32 Å². The second kappa shape index (κ2) is 5.97. The van der Waals surface area contributed by atoms with Crippen molar-refractivity contribution in [2.45, 2.75) is 25.4 Å². The first kappa shape index (κ1) is 11.6. The van der Waals surface area contributed by atoms with Gasteiger partial charge < -0.3 is 10.1 Å². The molecule has 2 nitrogen and oxygen atoms in total. The SMILES string of the molecule is Fc1cccc(CCNCC2CCCO2)c1. The van der Waals surface area contributed by atoms with Gasteiger partial charge >= 0.3 is 0 Å². The topological polar surface area (TPSA) is 21.3 Å². The Morgan fingerprint density at radius 1 is 1.44 bits per heavy atom. The lowest BCUT2D eigenvalue weighted by molar-refractivity contribution is 0.110. The van der Waals surface area contributed by atoms with Gasteiger partial charge in [-0.05, 0) is 43.5 Å². The predicted molar refractivity (Wildman–Crippen MR) is 61.9 cm³/mol. The van der Waals surface area contributed by atoms with Crippen LogP contribution in [0.2, 0.25) is 0 Å². The van der Waals surface area contributed by atoms with E-state index in [0.29, 0.717) is 6.10 Å². The van der Waals surface area contributed by atoms with E-state index in [4.69, 9.17) is 4.74 Å². The van der Waals surface area contributed by atoms with Crippen LogP contribution in [0.4, 0.5) is 4.39 Å². The second-order valence-electron chi connectivity index (χ2n) is 4.22. The molecule has 1 atom stereocenters. The lowest BCUT2D eigenvalue weighted by atomic mass is 10.1. The fraction of sp³-hybridized carbons (Fsp3) is 0.538. The normalized spacial score (nSPS) is 20.2. The van der Waals surface area contributed by atoms with Crippen LogP contribution in [0.1, 0.15) is 18.4 Å². The summed E-state index contributed by atoms with van der Waals surface area (Å²) in [6, 6.07) is 6.78. The number of rotatable bonds is 5. The van der Waals surface area contributed by atoms with Crippen LogP contribution >= 0.6 is 0 Å². The Kier molecular flexibility index (Phi) is 4.31. The fourth-order valence-corrected chi connectivity index (χ4v) is 1.99. The van der Waals surface area contributed by atoms with Gasteiger partial charge in [0.15, 0.2) is 0 Å². The van der Waals surface area contributed by atoms with Gasteiger partial charge in [0.05, 0.1) is 6.10 Å². The maximum absolute atomic E-state index is 12.9. The molecule has 0 aromatic heterocycles. The summed E-state index contributed by atoms with van der Waals surface area (Å²) in [6.07, 6.45) is 3.58. The van der Waals surface area contributed by atoms with Crippen molar-refractivity contribution in [3.05, 3.63) is 35.6 Å². The lowest BCUT2D eigenvalue weighted by Gasteiger charge is -2.10. The lowest BCUT2D eigenvalue weighted by Crippen LogP contribution is -2.27. The Bertz CT molecular complexity index is 323. The molecule has 1 heterocycles. The Balaban J connectivity index is 1.64. The first-order valence-corrected chi connectivity index (χ1v) is 5.91. The molecule has 3 heteroatoms. The van der Waals surface area contributed by atoms with Crippen LogP contribution in [0.5, 0.6) is 0 Å². The van der Waals surface area contributed by atoms with Crippen molar-refractivity contribution in [3.63, 3.8) is 0 Å². The van der Waals surface area contributed by atoms with E-state index in [-0.39, 0.29) is 5.82 Å². The zero-order chi connectivity index (χ0) is 11.2. The second-order valence-corrected chi connectivity index (χ2v) is 4.22. The smallest absolute Gasteiger partial charge is 0.123 e. The maximum Gasteiger partial charge on any atom is 0.123 e. The molecule has 0 aliphatic carbocycles. The van der Waals surface area contributed by atoms with Gasteiger partial charge in [-0.25, -0.2) is 4.39 Å². The molecule has 0 bridgehead atoms. The minimum atomic E-state index is -0.156. The zero-order valence-corrected chi connectivity index (χ0v) is 9.42. The van der Waals surface area contributed by atoms with Crippen molar-refractivity contribution in [2.24, 2.45) is 0 Å². The van der Waals surface area contributed by atoms with Gasteiger partial charge in [0, 0.05) is 13.2 Å². The zero-order valence-electron chi connectivity index (χ0n) is 9.42. The average Bonchev–Trinajstić information content (AvgIpc) is 2.77. The molecule has 1 aliphatic rings. The summed E-state index contributed by atoms with van der Waals surface area (Å²) in [4.78, 5) is 0. The molecule has 1 N–H and O–H groups in total. The quantitative estimate of drug-likeness (QED) is 0.772. The third kappa shape index (κ3) is 3.58. The monoisotopic (exact) mass is 223 g/mol. The molecule has 1 unspecified atom stereocenters. The highest BCUT2D eigenvalue weighted by Gasteiger charge is 2.14. The van der Waals surface area contributed by atoms with Crippen molar-refractivity contribution < 1.29 is 9.13 Å². The number of halogens is 1. The Labute approximate surface area is 95.8 Å². The van der Waals surface area contributed by atoms with Crippen LogP contribution in [0.15, 0.2) is 24.3 Å². The van der Waals surface area contributed by atoms with E-state index in [0.717, 1.165) is 38.1 Å². The molecule has 1 saturated heterocycles. The number of hydrogen-bond acceptors (Lipinski definition) is 2. The number of nitrogens with one attached hydrogen (secondary N) is 1. The molecular formula is C13H18FNO. The summed E-state index contributed by atoms with van der Waals surface area (Å²) in [5.41, 5.74) is 1.04. The van der Waals surface area contributed by atoms with Gasteiger partial charge in [0.2, 0.25) is 0 Å². The van der Waals surface area contributed by atoms with E-state index >= 15 is 0 Å². The van der Waals surface area contributed by atoms with Gasteiger partial charge in [0.1, 0.15) is 5.82 Å². The van der Waals surface area contributed by atoms with Gasteiger partial charge in [-0.3, -0.25) is 0 Å². The van der Waals surface area contributed by atoms with E-state index in [1.54, 1.807) is 12.1 Å². The first-order valence-electron chi connectivity index (χ1n) is 5.91. The maximum atomic E-state index is 12.9.